The van der Waals surface area contributed by atoms with Crippen LogP contribution in [0.25, 0.3) is 0 Å². The van der Waals surface area contributed by atoms with Gasteiger partial charge in [0.25, 0.3) is 0 Å². The van der Waals surface area contributed by atoms with Crippen LogP contribution in [0.1, 0.15) is 47.5 Å². The summed E-state index contributed by atoms with van der Waals surface area (Å²) < 4.78 is 5.20. The Morgan fingerprint density at radius 3 is 2.24 bits per heavy atom. The number of amides is 1. The number of likely N-dealkylation sites (N-methyl/N-ethyl adjacent to an activating group) is 1. The zero-order chi connectivity index (χ0) is 13.6. The predicted molar refractivity (Wildman–Crippen MR) is 68.9 cm³/mol. The molecule has 1 amide bonds. The number of carbonyl (C=O) groups excluding carboxylic acids is 1. The molecule has 0 fully saturated rings. The summed E-state index contributed by atoms with van der Waals surface area (Å²) in [5.41, 5.74) is -0.492. The molecule has 0 aliphatic heterocycles. The van der Waals surface area contributed by atoms with Crippen LogP contribution in [0.4, 0.5) is 4.79 Å². The van der Waals surface area contributed by atoms with E-state index in [2.05, 4.69) is 13.8 Å². The first-order valence-corrected chi connectivity index (χ1v) is 6.24. The topological polar surface area (TPSA) is 49.8 Å². The Balaban J connectivity index is 3.99. The highest BCUT2D eigenvalue weighted by atomic mass is 16.6. The Labute approximate surface area is 105 Å². The van der Waals surface area contributed by atoms with E-state index in [1.165, 1.54) is 4.90 Å². The molecule has 0 heterocycles. The molecule has 0 spiro atoms. The summed E-state index contributed by atoms with van der Waals surface area (Å²) >= 11 is 0. The zero-order valence-corrected chi connectivity index (χ0v) is 12.0. The number of ether oxygens (including phenoxy) is 1. The third-order valence-corrected chi connectivity index (χ3v) is 2.27. The van der Waals surface area contributed by atoms with Gasteiger partial charge in [0.1, 0.15) is 5.60 Å². The van der Waals surface area contributed by atoms with Crippen LogP contribution in [0, 0.1) is 5.92 Å². The zero-order valence-electron chi connectivity index (χ0n) is 12.0. The lowest BCUT2D eigenvalue weighted by molar-refractivity contribution is 0.0195. The van der Waals surface area contributed by atoms with Gasteiger partial charge in [0.15, 0.2) is 0 Å². The van der Waals surface area contributed by atoms with E-state index in [0.29, 0.717) is 18.9 Å². The van der Waals surface area contributed by atoms with Gasteiger partial charge in [0.2, 0.25) is 0 Å². The van der Waals surface area contributed by atoms with Gasteiger partial charge in [-0.05, 0) is 39.5 Å². The average molecular weight is 245 g/mol. The molecule has 0 saturated carbocycles. The monoisotopic (exact) mass is 245 g/mol. The van der Waals surface area contributed by atoms with E-state index in [4.69, 9.17) is 4.74 Å². The highest BCUT2D eigenvalue weighted by Gasteiger charge is 2.21. The van der Waals surface area contributed by atoms with Crippen molar-refractivity contribution in [3.05, 3.63) is 0 Å². The van der Waals surface area contributed by atoms with E-state index in [1.807, 2.05) is 20.8 Å². The summed E-state index contributed by atoms with van der Waals surface area (Å²) in [4.78, 5) is 13.1. The van der Waals surface area contributed by atoms with Crippen LogP contribution in [0.5, 0.6) is 0 Å². The molecule has 0 radical (unpaired) electrons. The molecule has 1 unspecified atom stereocenters. The third kappa shape index (κ3) is 8.98. The fraction of sp³-hybridized carbons (Fsp3) is 0.923. The molecule has 0 saturated heterocycles. The van der Waals surface area contributed by atoms with Crippen molar-refractivity contribution in [2.24, 2.45) is 5.92 Å². The lowest BCUT2D eigenvalue weighted by Crippen LogP contribution is -2.38. The Morgan fingerprint density at radius 2 is 1.82 bits per heavy atom. The second-order valence-electron chi connectivity index (χ2n) is 5.99. The summed E-state index contributed by atoms with van der Waals surface area (Å²) in [6.45, 7) is 10.0. The molecule has 0 aromatic carbocycles. The number of nitrogens with zero attached hydrogens (tertiary/aromatic N) is 1. The number of carbonyl (C=O) groups is 1. The molecular formula is C13H27NO3. The minimum absolute atomic E-state index is 0.321. The van der Waals surface area contributed by atoms with Crippen molar-refractivity contribution >= 4 is 6.09 Å². The molecule has 4 nitrogen and oxygen atoms in total. The van der Waals surface area contributed by atoms with E-state index in [1.54, 1.807) is 7.05 Å². The van der Waals surface area contributed by atoms with E-state index >= 15 is 0 Å². The Hall–Kier alpha value is -0.770. The Bertz CT molecular complexity index is 233. The molecular weight excluding hydrogens is 218 g/mol. The van der Waals surface area contributed by atoms with Crippen molar-refractivity contribution in [1.82, 2.24) is 4.90 Å². The summed E-state index contributed by atoms with van der Waals surface area (Å²) in [7, 11) is 1.65. The van der Waals surface area contributed by atoms with Crippen LogP contribution in [0.15, 0.2) is 0 Å². The minimum atomic E-state index is -0.492. The van der Waals surface area contributed by atoms with Crippen LogP contribution >= 0.6 is 0 Å². The van der Waals surface area contributed by atoms with Crippen LogP contribution in [-0.4, -0.2) is 41.4 Å². The maximum absolute atomic E-state index is 11.6. The van der Waals surface area contributed by atoms with Crippen LogP contribution in [0.2, 0.25) is 0 Å². The molecule has 0 aromatic heterocycles. The lowest BCUT2D eigenvalue weighted by atomic mass is 10.0. The van der Waals surface area contributed by atoms with Gasteiger partial charge in [-0.2, -0.15) is 0 Å². The van der Waals surface area contributed by atoms with E-state index < -0.39 is 11.7 Å². The number of hydrogen-bond donors (Lipinski definition) is 1. The van der Waals surface area contributed by atoms with Crippen molar-refractivity contribution in [2.45, 2.75) is 59.2 Å². The molecule has 1 atom stereocenters. The quantitative estimate of drug-likeness (QED) is 0.810. The van der Waals surface area contributed by atoms with Gasteiger partial charge in [-0.1, -0.05) is 13.8 Å². The molecule has 4 heteroatoms. The maximum atomic E-state index is 11.6. The average Bonchev–Trinajstić information content (AvgIpc) is 2.11. The van der Waals surface area contributed by atoms with Crippen molar-refractivity contribution in [1.29, 1.82) is 0 Å². The SMILES string of the molecule is CC(C)CCC(O)CN(C)C(=O)OC(C)(C)C. The summed E-state index contributed by atoms with van der Waals surface area (Å²) in [5.74, 6) is 0.566. The highest BCUT2D eigenvalue weighted by Crippen LogP contribution is 2.11. The van der Waals surface area contributed by atoms with Crippen LogP contribution in [-0.2, 0) is 4.74 Å². The van der Waals surface area contributed by atoms with Gasteiger partial charge < -0.3 is 14.7 Å². The van der Waals surface area contributed by atoms with Crippen LogP contribution in [0.3, 0.4) is 0 Å². The number of hydrogen-bond acceptors (Lipinski definition) is 3. The lowest BCUT2D eigenvalue weighted by Gasteiger charge is -2.26. The number of aliphatic hydroxyl groups is 1. The first kappa shape index (κ1) is 16.2. The van der Waals surface area contributed by atoms with Crippen molar-refractivity contribution in [3.63, 3.8) is 0 Å². The summed E-state index contributed by atoms with van der Waals surface area (Å²) in [6, 6.07) is 0. The molecule has 0 aliphatic rings. The van der Waals surface area contributed by atoms with Crippen LogP contribution < -0.4 is 0 Å². The standard InChI is InChI=1S/C13H27NO3/c1-10(2)7-8-11(15)9-14(6)12(16)17-13(3,4)5/h10-11,15H,7-9H2,1-6H3. The van der Waals surface area contributed by atoms with E-state index in [9.17, 15) is 9.90 Å². The van der Waals surface area contributed by atoms with Crippen molar-refractivity contribution in [3.8, 4) is 0 Å². The molecule has 0 rings (SSSR count). The Morgan fingerprint density at radius 1 is 1.29 bits per heavy atom. The second-order valence-corrected chi connectivity index (χ2v) is 5.99. The van der Waals surface area contributed by atoms with Gasteiger partial charge in [-0.3, -0.25) is 0 Å². The first-order chi connectivity index (χ1) is 7.61. The predicted octanol–water partition coefficient (Wildman–Crippen LogP) is 2.65. The van der Waals surface area contributed by atoms with E-state index in [0.717, 1.165) is 6.42 Å². The first-order valence-electron chi connectivity index (χ1n) is 6.24. The van der Waals surface area contributed by atoms with E-state index in [-0.39, 0.29) is 6.09 Å². The second kappa shape index (κ2) is 6.84. The molecule has 102 valence electrons. The molecule has 0 bridgehead atoms. The fourth-order valence-electron chi connectivity index (χ4n) is 1.35. The van der Waals surface area contributed by atoms with Crippen molar-refractivity contribution < 1.29 is 14.6 Å². The molecule has 1 N–H and O–H groups in total. The minimum Gasteiger partial charge on any atom is -0.444 e. The van der Waals surface area contributed by atoms with Gasteiger partial charge in [-0.25, -0.2) is 4.79 Å². The number of aliphatic hydroxyl groups excluding tert-OH is 1. The smallest absolute Gasteiger partial charge is 0.410 e. The Kier molecular flexibility index (Phi) is 6.53. The van der Waals surface area contributed by atoms with Gasteiger partial charge in [0.05, 0.1) is 6.10 Å². The molecule has 0 aliphatic carbocycles. The fourth-order valence-corrected chi connectivity index (χ4v) is 1.35. The molecule has 0 aromatic rings. The van der Waals surface area contributed by atoms with Crippen molar-refractivity contribution in [2.75, 3.05) is 13.6 Å². The molecule has 17 heavy (non-hydrogen) atoms. The normalized spacial score (nSPS) is 13.6. The largest absolute Gasteiger partial charge is 0.444 e. The highest BCUT2D eigenvalue weighted by molar-refractivity contribution is 5.67. The number of rotatable bonds is 5. The van der Waals surface area contributed by atoms with Gasteiger partial charge in [-0.15, -0.1) is 0 Å². The third-order valence-electron chi connectivity index (χ3n) is 2.27. The van der Waals surface area contributed by atoms with Gasteiger partial charge >= 0.3 is 6.09 Å². The van der Waals surface area contributed by atoms with Gasteiger partial charge in [0, 0.05) is 13.6 Å². The summed E-state index contributed by atoms with van der Waals surface area (Å²) in [5, 5.41) is 9.77. The summed E-state index contributed by atoms with van der Waals surface area (Å²) in [6.07, 6.45) is 0.810. The maximum Gasteiger partial charge on any atom is 0.410 e.